The number of anilines is 1. The summed E-state index contributed by atoms with van der Waals surface area (Å²) in [4.78, 5) is 15.0. The van der Waals surface area contributed by atoms with Crippen LogP contribution in [0.1, 0.15) is 6.92 Å². The van der Waals surface area contributed by atoms with E-state index in [2.05, 4.69) is 10.3 Å². The molecule has 0 atom stereocenters. The van der Waals surface area contributed by atoms with Crippen LogP contribution in [0.15, 0.2) is 23.2 Å². The van der Waals surface area contributed by atoms with E-state index in [0.717, 1.165) is 0 Å². The molecule has 0 bridgehead atoms. The van der Waals surface area contributed by atoms with Gasteiger partial charge in [-0.3, -0.25) is 4.79 Å². The Kier molecular flexibility index (Phi) is 4.78. The molecule has 0 aliphatic carbocycles. The van der Waals surface area contributed by atoms with E-state index in [9.17, 15) is 4.79 Å². The number of alkyl halides is 1. The Hall–Kier alpha value is -1.75. The summed E-state index contributed by atoms with van der Waals surface area (Å²) < 4.78 is 5.13. The quantitative estimate of drug-likeness (QED) is 0.490. The van der Waals surface area contributed by atoms with E-state index in [4.69, 9.17) is 22.1 Å². The molecule has 1 amide bonds. The lowest BCUT2D eigenvalue weighted by Gasteiger charge is -2.08. The van der Waals surface area contributed by atoms with Gasteiger partial charge in [0.2, 0.25) is 5.91 Å². The first-order chi connectivity index (χ1) is 8.06. The van der Waals surface area contributed by atoms with Gasteiger partial charge < -0.3 is 15.8 Å². The van der Waals surface area contributed by atoms with Crippen molar-refractivity contribution in [1.29, 1.82) is 0 Å². The predicted octanol–water partition coefficient (Wildman–Crippen LogP) is 1.88. The van der Waals surface area contributed by atoms with Crippen LogP contribution in [-0.2, 0) is 4.79 Å². The van der Waals surface area contributed by atoms with Crippen molar-refractivity contribution in [3.05, 3.63) is 18.2 Å². The number of nitrogens with zero attached hydrogens (tertiary/aromatic N) is 1. The fourth-order valence-corrected chi connectivity index (χ4v) is 1.30. The number of methoxy groups -OCH3 is 1. The zero-order chi connectivity index (χ0) is 12.8. The monoisotopic (exact) mass is 255 g/mol. The summed E-state index contributed by atoms with van der Waals surface area (Å²) in [5.74, 6) is 0.820. The fraction of sp³-hybridized carbons (Fsp3) is 0.273. The molecule has 0 saturated carbocycles. The summed E-state index contributed by atoms with van der Waals surface area (Å²) in [6, 6.07) is 5.08. The lowest BCUT2D eigenvalue weighted by Crippen LogP contribution is -2.12. The van der Waals surface area contributed by atoms with E-state index >= 15 is 0 Å². The zero-order valence-electron chi connectivity index (χ0n) is 9.66. The van der Waals surface area contributed by atoms with E-state index in [1.807, 2.05) is 0 Å². The molecule has 0 unspecified atom stereocenters. The second-order valence-electron chi connectivity index (χ2n) is 3.30. The van der Waals surface area contributed by atoms with Gasteiger partial charge >= 0.3 is 0 Å². The molecule has 0 fully saturated rings. The van der Waals surface area contributed by atoms with Crippen LogP contribution in [0.25, 0.3) is 0 Å². The second-order valence-corrected chi connectivity index (χ2v) is 3.57. The average Bonchev–Trinajstić information content (AvgIpc) is 2.28. The van der Waals surface area contributed by atoms with Crippen molar-refractivity contribution in [2.24, 2.45) is 10.7 Å². The molecule has 0 saturated heterocycles. The topological polar surface area (TPSA) is 76.7 Å². The van der Waals surface area contributed by atoms with Gasteiger partial charge in [-0.25, -0.2) is 4.99 Å². The molecule has 3 N–H and O–H groups in total. The van der Waals surface area contributed by atoms with Crippen molar-refractivity contribution in [2.45, 2.75) is 6.92 Å². The Morgan fingerprint density at radius 3 is 2.82 bits per heavy atom. The number of carbonyl (C=O) groups excluding carboxylic acids is 1. The van der Waals surface area contributed by atoms with Crippen LogP contribution in [0.3, 0.4) is 0 Å². The molecule has 0 heterocycles. The Balaban J connectivity index is 3.10. The van der Waals surface area contributed by atoms with Gasteiger partial charge in [-0.15, -0.1) is 11.6 Å². The van der Waals surface area contributed by atoms with E-state index < -0.39 is 0 Å². The maximum absolute atomic E-state index is 10.9. The number of hydrogen-bond donors (Lipinski definition) is 2. The third-order valence-electron chi connectivity index (χ3n) is 1.90. The van der Waals surface area contributed by atoms with Gasteiger partial charge in [0.15, 0.2) is 0 Å². The Morgan fingerprint density at radius 1 is 1.59 bits per heavy atom. The van der Waals surface area contributed by atoms with Crippen LogP contribution in [0.5, 0.6) is 5.75 Å². The van der Waals surface area contributed by atoms with Crippen LogP contribution < -0.4 is 15.8 Å². The SMILES string of the molecule is COc1ccc(NC(C)=O)cc1N=C(N)CCl. The van der Waals surface area contributed by atoms with Crippen molar-refractivity contribution in [2.75, 3.05) is 18.3 Å². The highest BCUT2D eigenvalue weighted by molar-refractivity contribution is 6.28. The minimum Gasteiger partial charge on any atom is -0.494 e. The molecule has 1 aromatic carbocycles. The van der Waals surface area contributed by atoms with E-state index in [0.29, 0.717) is 17.1 Å². The van der Waals surface area contributed by atoms with Crippen LogP contribution in [0.4, 0.5) is 11.4 Å². The predicted molar refractivity (Wildman–Crippen MR) is 69.3 cm³/mol. The Morgan fingerprint density at radius 2 is 2.29 bits per heavy atom. The highest BCUT2D eigenvalue weighted by atomic mass is 35.5. The lowest BCUT2D eigenvalue weighted by atomic mass is 10.2. The maximum Gasteiger partial charge on any atom is 0.221 e. The highest BCUT2D eigenvalue weighted by Gasteiger charge is 2.05. The lowest BCUT2D eigenvalue weighted by molar-refractivity contribution is -0.114. The summed E-state index contributed by atoms with van der Waals surface area (Å²) in [6.07, 6.45) is 0. The third kappa shape index (κ3) is 3.96. The normalized spacial score (nSPS) is 11.1. The summed E-state index contributed by atoms with van der Waals surface area (Å²) in [7, 11) is 1.53. The van der Waals surface area contributed by atoms with Gasteiger partial charge in [0.05, 0.1) is 13.0 Å². The summed E-state index contributed by atoms with van der Waals surface area (Å²) in [5, 5.41) is 2.65. The first-order valence-corrected chi connectivity index (χ1v) is 5.45. The van der Waals surface area contributed by atoms with Gasteiger partial charge in [-0.2, -0.15) is 0 Å². The first kappa shape index (κ1) is 13.3. The average molecular weight is 256 g/mol. The largest absolute Gasteiger partial charge is 0.494 e. The minimum absolute atomic E-state index is 0.132. The molecule has 0 aromatic heterocycles. The zero-order valence-corrected chi connectivity index (χ0v) is 10.4. The molecule has 92 valence electrons. The molecule has 0 spiro atoms. The molecule has 1 aromatic rings. The number of amidine groups is 1. The van der Waals surface area contributed by atoms with Crippen LogP contribution in [0.2, 0.25) is 0 Å². The van der Waals surface area contributed by atoms with Crippen LogP contribution in [-0.4, -0.2) is 24.7 Å². The molecular weight excluding hydrogens is 242 g/mol. The molecule has 5 nitrogen and oxygen atoms in total. The van der Waals surface area contributed by atoms with Gasteiger partial charge in [0, 0.05) is 12.6 Å². The number of hydrogen-bond acceptors (Lipinski definition) is 3. The van der Waals surface area contributed by atoms with Crippen LogP contribution in [0, 0.1) is 0 Å². The first-order valence-electron chi connectivity index (χ1n) is 4.91. The number of ether oxygens (including phenoxy) is 1. The number of nitrogens with one attached hydrogen (secondary N) is 1. The smallest absolute Gasteiger partial charge is 0.221 e. The van der Waals surface area contributed by atoms with Crippen molar-refractivity contribution < 1.29 is 9.53 Å². The van der Waals surface area contributed by atoms with E-state index in [1.54, 1.807) is 18.2 Å². The van der Waals surface area contributed by atoms with Crippen molar-refractivity contribution in [1.82, 2.24) is 0 Å². The molecular formula is C11H14ClN3O2. The highest BCUT2D eigenvalue weighted by Crippen LogP contribution is 2.30. The number of rotatable bonds is 4. The third-order valence-corrected chi connectivity index (χ3v) is 2.17. The molecule has 6 heteroatoms. The molecule has 0 aliphatic rings. The standard InChI is InChI=1S/C11H14ClN3O2/c1-7(16)14-8-3-4-10(17-2)9(5-8)15-11(13)6-12/h3-5H,6H2,1-2H3,(H2,13,15)(H,14,16). The van der Waals surface area contributed by atoms with Crippen molar-refractivity contribution in [3.63, 3.8) is 0 Å². The number of carbonyl (C=O) groups is 1. The molecule has 0 aliphatic heterocycles. The molecule has 1 rings (SSSR count). The van der Waals surface area contributed by atoms with Gasteiger partial charge in [-0.05, 0) is 18.2 Å². The number of nitrogens with two attached hydrogens (primary N) is 1. The number of benzene rings is 1. The van der Waals surface area contributed by atoms with E-state index in [-0.39, 0.29) is 17.6 Å². The Labute approximate surface area is 105 Å². The number of aliphatic imine (C=N–C) groups is 1. The Bertz CT molecular complexity index is 446. The second kappa shape index (κ2) is 6.10. The fourth-order valence-electron chi connectivity index (χ4n) is 1.24. The number of halogens is 1. The molecule has 0 radical (unpaired) electrons. The summed E-state index contributed by atoms with van der Waals surface area (Å²) in [5.41, 5.74) is 6.70. The summed E-state index contributed by atoms with van der Waals surface area (Å²) in [6.45, 7) is 1.43. The van der Waals surface area contributed by atoms with Crippen molar-refractivity contribution in [3.8, 4) is 5.75 Å². The van der Waals surface area contributed by atoms with Crippen molar-refractivity contribution >= 4 is 34.7 Å². The minimum atomic E-state index is -0.157. The van der Waals surface area contributed by atoms with Crippen LogP contribution >= 0.6 is 11.6 Å². The molecule has 17 heavy (non-hydrogen) atoms. The van der Waals surface area contributed by atoms with Gasteiger partial charge in [0.25, 0.3) is 0 Å². The van der Waals surface area contributed by atoms with Gasteiger partial charge in [-0.1, -0.05) is 0 Å². The van der Waals surface area contributed by atoms with E-state index in [1.165, 1.54) is 14.0 Å². The number of amides is 1. The van der Waals surface area contributed by atoms with Gasteiger partial charge in [0.1, 0.15) is 17.3 Å². The summed E-state index contributed by atoms with van der Waals surface area (Å²) >= 11 is 5.56. The maximum atomic E-state index is 10.9.